The van der Waals surface area contributed by atoms with E-state index in [9.17, 15) is 4.79 Å². The van der Waals surface area contributed by atoms with Crippen LogP contribution < -0.4 is 11.1 Å². The number of amides is 1. The molecule has 1 unspecified atom stereocenters. The van der Waals surface area contributed by atoms with Crippen LogP contribution in [0.25, 0.3) is 0 Å². The first kappa shape index (κ1) is 12.1. The third-order valence-electron chi connectivity index (χ3n) is 2.30. The first-order chi connectivity index (χ1) is 7.02. The van der Waals surface area contributed by atoms with E-state index in [-0.39, 0.29) is 17.9 Å². The van der Waals surface area contributed by atoms with Crippen LogP contribution in [0.2, 0.25) is 0 Å². The monoisotopic (exact) mass is 227 g/mol. The molecule has 0 fully saturated rings. The van der Waals surface area contributed by atoms with E-state index in [0.717, 1.165) is 10.6 Å². The molecular weight excluding hydrogens is 210 g/mol. The van der Waals surface area contributed by atoms with Crippen molar-refractivity contribution in [2.75, 3.05) is 0 Å². The summed E-state index contributed by atoms with van der Waals surface area (Å²) >= 11 is 1.59. The maximum atomic E-state index is 11.1. The van der Waals surface area contributed by atoms with Gasteiger partial charge in [-0.05, 0) is 12.8 Å². The zero-order valence-corrected chi connectivity index (χ0v) is 10.1. The summed E-state index contributed by atoms with van der Waals surface area (Å²) in [6.45, 7) is 6.56. The molecule has 1 rings (SSSR count). The van der Waals surface area contributed by atoms with Crippen LogP contribution in [0.3, 0.4) is 0 Å². The highest BCUT2D eigenvalue weighted by Crippen LogP contribution is 2.12. The number of nitrogens with zero attached hydrogens (tertiary/aromatic N) is 1. The summed E-state index contributed by atoms with van der Waals surface area (Å²) in [4.78, 5) is 16.4. The number of aryl methyl sites for hydroxylation is 1. The Kier molecular flexibility index (Phi) is 4.23. The Labute approximate surface area is 93.9 Å². The summed E-state index contributed by atoms with van der Waals surface area (Å²) in [5.41, 5.74) is 8.12. The Morgan fingerprint density at radius 1 is 1.67 bits per heavy atom. The Morgan fingerprint density at radius 2 is 2.33 bits per heavy atom. The number of thiazole rings is 1. The molecule has 3 N–H and O–H groups in total. The van der Waals surface area contributed by atoms with Crippen molar-refractivity contribution in [1.29, 1.82) is 0 Å². The quantitative estimate of drug-likeness (QED) is 0.790. The Hall–Kier alpha value is -0.940. The summed E-state index contributed by atoms with van der Waals surface area (Å²) in [5, 5.41) is 3.16. The molecule has 5 heteroatoms. The molecule has 4 nitrogen and oxygen atoms in total. The highest BCUT2D eigenvalue weighted by atomic mass is 32.1. The number of nitrogens with one attached hydrogen (secondary N) is 1. The van der Waals surface area contributed by atoms with Crippen LogP contribution in [0.15, 0.2) is 5.51 Å². The molecular formula is C10H17N3OS. The van der Waals surface area contributed by atoms with E-state index in [1.54, 1.807) is 16.8 Å². The number of hydrogen-bond acceptors (Lipinski definition) is 4. The molecule has 0 spiro atoms. The lowest BCUT2D eigenvalue weighted by molar-refractivity contribution is -0.121. The van der Waals surface area contributed by atoms with E-state index in [2.05, 4.69) is 10.3 Å². The van der Waals surface area contributed by atoms with E-state index in [0.29, 0.717) is 6.54 Å². The number of primary amides is 1. The second-order valence-corrected chi connectivity index (χ2v) is 4.81. The summed E-state index contributed by atoms with van der Waals surface area (Å²) in [7, 11) is 0. The normalized spacial score (nSPS) is 13.1. The average molecular weight is 227 g/mol. The number of hydrogen-bond donors (Lipinski definition) is 2. The molecule has 1 heterocycles. The highest BCUT2D eigenvalue weighted by molar-refractivity contribution is 7.09. The second kappa shape index (κ2) is 5.23. The molecule has 1 aromatic rings. The van der Waals surface area contributed by atoms with Gasteiger partial charge in [0.2, 0.25) is 5.91 Å². The van der Waals surface area contributed by atoms with Gasteiger partial charge in [-0.25, -0.2) is 4.98 Å². The van der Waals surface area contributed by atoms with Crippen molar-refractivity contribution in [3.63, 3.8) is 0 Å². The van der Waals surface area contributed by atoms with Crippen LogP contribution in [0.1, 0.15) is 24.4 Å². The predicted molar refractivity (Wildman–Crippen MR) is 61.5 cm³/mol. The van der Waals surface area contributed by atoms with Crippen LogP contribution >= 0.6 is 11.3 Å². The summed E-state index contributed by atoms with van der Waals surface area (Å²) < 4.78 is 0. The van der Waals surface area contributed by atoms with E-state index in [4.69, 9.17) is 5.73 Å². The van der Waals surface area contributed by atoms with Crippen LogP contribution in [-0.4, -0.2) is 16.9 Å². The fourth-order valence-corrected chi connectivity index (χ4v) is 2.09. The second-order valence-electron chi connectivity index (χ2n) is 3.87. The number of aromatic nitrogens is 1. The van der Waals surface area contributed by atoms with Crippen molar-refractivity contribution in [2.24, 2.45) is 11.7 Å². The molecule has 0 aromatic carbocycles. The van der Waals surface area contributed by atoms with Crippen molar-refractivity contribution in [3.05, 3.63) is 16.1 Å². The van der Waals surface area contributed by atoms with Gasteiger partial charge >= 0.3 is 0 Å². The minimum absolute atomic E-state index is 0.204. The fourth-order valence-electron chi connectivity index (χ4n) is 1.36. The average Bonchev–Trinajstić information content (AvgIpc) is 2.51. The SMILES string of the molecule is Cc1ncsc1CNC(C(N)=O)C(C)C. The molecule has 1 aromatic heterocycles. The third kappa shape index (κ3) is 3.28. The summed E-state index contributed by atoms with van der Waals surface area (Å²) in [6.07, 6.45) is 0. The molecule has 0 aliphatic rings. The van der Waals surface area contributed by atoms with Crippen LogP contribution in [0.5, 0.6) is 0 Å². The van der Waals surface area contributed by atoms with Crippen molar-refractivity contribution >= 4 is 17.2 Å². The molecule has 1 atom stereocenters. The number of carbonyl (C=O) groups excluding carboxylic acids is 1. The van der Waals surface area contributed by atoms with Crippen LogP contribution in [0.4, 0.5) is 0 Å². The number of carbonyl (C=O) groups is 1. The topological polar surface area (TPSA) is 68.0 Å². The van der Waals surface area contributed by atoms with Gasteiger partial charge < -0.3 is 11.1 Å². The minimum atomic E-state index is -0.299. The molecule has 0 radical (unpaired) electrons. The van der Waals surface area contributed by atoms with E-state index in [1.807, 2.05) is 20.8 Å². The van der Waals surface area contributed by atoms with Crippen LogP contribution in [-0.2, 0) is 11.3 Å². The largest absolute Gasteiger partial charge is 0.368 e. The van der Waals surface area contributed by atoms with E-state index in [1.165, 1.54) is 0 Å². The van der Waals surface area contributed by atoms with E-state index >= 15 is 0 Å². The van der Waals surface area contributed by atoms with Gasteiger partial charge in [0, 0.05) is 11.4 Å². The lowest BCUT2D eigenvalue weighted by Crippen LogP contribution is -2.44. The molecule has 15 heavy (non-hydrogen) atoms. The van der Waals surface area contributed by atoms with Gasteiger partial charge in [0.05, 0.1) is 17.2 Å². The minimum Gasteiger partial charge on any atom is -0.368 e. The fraction of sp³-hybridized carbons (Fsp3) is 0.600. The molecule has 0 aliphatic carbocycles. The summed E-state index contributed by atoms with van der Waals surface area (Å²) in [5.74, 6) is -0.0945. The van der Waals surface area contributed by atoms with Gasteiger partial charge in [0.25, 0.3) is 0 Å². The first-order valence-corrected chi connectivity index (χ1v) is 5.82. The Balaban J connectivity index is 2.55. The third-order valence-corrected chi connectivity index (χ3v) is 3.24. The standard InChI is InChI=1S/C10H17N3OS/c1-6(2)9(10(11)14)12-4-8-7(3)13-5-15-8/h5-6,9,12H,4H2,1-3H3,(H2,11,14). The maximum Gasteiger partial charge on any atom is 0.234 e. The van der Waals surface area contributed by atoms with E-state index < -0.39 is 0 Å². The van der Waals surface area contributed by atoms with Gasteiger partial charge in [-0.3, -0.25) is 4.79 Å². The van der Waals surface area contributed by atoms with Gasteiger partial charge in [0.15, 0.2) is 0 Å². The molecule has 0 aliphatic heterocycles. The van der Waals surface area contributed by atoms with Crippen molar-refractivity contribution in [2.45, 2.75) is 33.4 Å². The number of rotatable bonds is 5. The smallest absolute Gasteiger partial charge is 0.234 e. The van der Waals surface area contributed by atoms with Gasteiger partial charge in [-0.15, -0.1) is 11.3 Å². The lowest BCUT2D eigenvalue weighted by atomic mass is 10.0. The molecule has 1 amide bonds. The first-order valence-electron chi connectivity index (χ1n) is 4.94. The van der Waals surface area contributed by atoms with Crippen molar-refractivity contribution in [3.8, 4) is 0 Å². The molecule has 0 saturated heterocycles. The maximum absolute atomic E-state index is 11.1. The predicted octanol–water partition coefficient (Wildman–Crippen LogP) is 1.05. The summed E-state index contributed by atoms with van der Waals surface area (Å²) in [6, 6.07) is -0.272. The van der Waals surface area contributed by atoms with Gasteiger partial charge in [-0.1, -0.05) is 13.8 Å². The molecule has 0 bridgehead atoms. The Morgan fingerprint density at radius 3 is 2.73 bits per heavy atom. The van der Waals surface area contributed by atoms with Gasteiger partial charge in [0.1, 0.15) is 0 Å². The van der Waals surface area contributed by atoms with Crippen molar-refractivity contribution in [1.82, 2.24) is 10.3 Å². The zero-order chi connectivity index (χ0) is 11.4. The highest BCUT2D eigenvalue weighted by Gasteiger charge is 2.18. The van der Waals surface area contributed by atoms with Crippen molar-refractivity contribution < 1.29 is 4.79 Å². The van der Waals surface area contributed by atoms with Crippen LogP contribution in [0, 0.1) is 12.8 Å². The zero-order valence-electron chi connectivity index (χ0n) is 9.28. The molecule has 84 valence electrons. The lowest BCUT2D eigenvalue weighted by Gasteiger charge is -2.18. The molecule has 0 saturated carbocycles. The van der Waals surface area contributed by atoms with Gasteiger partial charge in [-0.2, -0.15) is 0 Å². The Bertz CT molecular complexity index is 335. The number of nitrogens with two attached hydrogens (primary N) is 1.